The van der Waals surface area contributed by atoms with Crippen LogP contribution in [0, 0.1) is 5.41 Å². The zero-order valence-corrected chi connectivity index (χ0v) is 12.2. The van der Waals surface area contributed by atoms with Gasteiger partial charge < -0.3 is 5.73 Å². The lowest BCUT2D eigenvalue weighted by molar-refractivity contribution is 0.0706. The summed E-state index contributed by atoms with van der Waals surface area (Å²) in [5.74, 6) is 0.363. The van der Waals surface area contributed by atoms with Crippen molar-refractivity contribution in [2.24, 2.45) is 11.1 Å². The van der Waals surface area contributed by atoms with Gasteiger partial charge in [-0.3, -0.25) is 0 Å². The van der Waals surface area contributed by atoms with Gasteiger partial charge in [0.05, 0.1) is 5.75 Å². The molecule has 0 aliphatic heterocycles. The largest absolute Gasteiger partial charge is 0.327 e. The van der Waals surface area contributed by atoms with E-state index in [1.54, 1.807) is 0 Å². The van der Waals surface area contributed by atoms with E-state index in [-0.39, 0.29) is 17.2 Å². The topological polar surface area (TPSA) is 26.0 Å². The van der Waals surface area contributed by atoms with Gasteiger partial charge in [-0.25, -0.2) is 8.78 Å². The van der Waals surface area contributed by atoms with Crippen molar-refractivity contribution in [3.63, 3.8) is 0 Å². The summed E-state index contributed by atoms with van der Waals surface area (Å²) >= 11 is 1.21. The zero-order valence-electron chi connectivity index (χ0n) is 11.4. The second kappa shape index (κ2) is 5.80. The van der Waals surface area contributed by atoms with Gasteiger partial charge in [-0.05, 0) is 41.9 Å². The molecule has 3 unspecified atom stereocenters. The van der Waals surface area contributed by atoms with Gasteiger partial charge in [-0.2, -0.15) is 0 Å². The standard InChI is InChI=1S/C15H21F2NS/c1-3-15(2)12(8-13(15)18)10-4-6-11(7-5-10)19-9-14(16)17/h4-7,12-14H,3,8-9,18H2,1-2H3. The fourth-order valence-corrected chi connectivity index (χ4v) is 3.52. The third-order valence-electron chi connectivity index (χ3n) is 4.55. The molecule has 1 aliphatic rings. The lowest BCUT2D eigenvalue weighted by atomic mass is 9.54. The molecule has 1 aliphatic carbocycles. The SMILES string of the molecule is CCC1(C)C(N)CC1c1ccc(SCC(F)F)cc1. The van der Waals surface area contributed by atoms with E-state index in [9.17, 15) is 8.78 Å². The van der Waals surface area contributed by atoms with Crippen LogP contribution in [0.25, 0.3) is 0 Å². The maximum Gasteiger partial charge on any atom is 0.247 e. The predicted molar refractivity (Wildman–Crippen MR) is 76.9 cm³/mol. The fourth-order valence-electron chi connectivity index (χ4n) is 2.87. The average Bonchev–Trinajstić information content (AvgIpc) is 2.42. The second-order valence-corrected chi connectivity index (χ2v) is 6.62. The van der Waals surface area contributed by atoms with E-state index < -0.39 is 6.43 Å². The Kier molecular flexibility index (Phi) is 4.51. The quantitative estimate of drug-likeness (QED) is 0.817. The highest BCUT2D eigenvalue weighted by Gasteiger charge is 2.48. The summed E-state index contributed by atoms with van der Waals surface area (Å²) in [4.78, 5) is 0.908. The Hall–Kier alpha value is -0.610. The van der Waals surface area contributed by atoms with Crippen LogP contribution in [0.5, 0.6) is 0 Å². The Bertz CT molecular complexity index is 421. The van der Waals surface area contributed by atoms with Crippen molar-refractivity contribution in [3.8, 4) is 0 Å². The Morgan fingerprint density at radius 1 is 1.37 bits per heavy atom. The van der Waals surface area contributed by atoms with Crippen LogP contribution in [-0.2, 0) is 0 Å². The van der Waals surface area contributed by atoms with Gasteiger partial charge in [0.1, 0.15) is 0 Å². The van der Waals surface area contributed by atoms with Gasteiger partial charge in [0.15, 0.2) is 0 Å². The summed E-state index contributed by atoms with van der Waals surface area (Å²) < 4.78 is 24.3. The number of nitrogens with two attached hydrogens (primary N) is 1. The van der Waals surface area contributed by atoms with E-state index in [0.717, 1.165) is 17.7 Å². The first-order chi connectivity index (χ1) is 8.97. The molecule has 1 aromatic rings. The summed E-state index contributed by atoms with van der Waals surface area (Å²) in [6.45, 7) is 4.42. The molecule has 3 atom stereocenters. The zero-order chi connectivity index (χ0) is 14.0. The molecule has 2 N–H and O–H groups in total. The fraction of sp³-hybridized carbons (Fsp3) is 0.600. The van der Waals surface area contributed by atoms with Crippen LogP contribution >= 0.6 is 11.8 Å². The molecule has 1 nitrogen and oxygen atoms in total. The lowest BCUT2D eigenvalue weighted by Gasteiger charge is -2.53. The lowest BCUT2D eigenvalue weighted by Crippen LogP contribution is -2.54. The highest BCUT2D eigenvalue weighted by molar-refractivity contribution is 7.99. The Morgan fingerprint density at radius 2 is 2.00 bits per heavy atom. The molecule has 0 radical (unpaired) electrons. The molecule has 106 valence electrons. The smallest absolute Gasteiger partial charge is 0.247 e. The first kappa shape index (κ1) is 14.8. The van der Waals surface area contributed by atoms with Crippen molar-refractivity contribution in [2.75, 3.05) is 5.75 Å². The van der Waals surface area contributed by atoms with E-state index in [1.807, 2.05) is 12.1 Å². The van der Waals surface area contributed by atoms with E-state index in [4.69, 9.17) is 5.73 Å². The Labute approximate surface area is 118 Å². The van der Waals surface area contributed by atoms with E-state index in [2.05, 4.69) is 26.0 Å². The molecule has 1 aromatic carbocycles. The number of benzene rings is 1. The van der Waals surface area contributed by atoms with Crippen molar-refractivity contribution < 1.29 is 8.78 Å². The molecular weight excluding hydrogens is 264 g/mol. The summed E-state index contributed by atoms with van der Waals surface area (Å²) in [7, 11) is 0. The van der Waals surface area contributed by atoms with Crippen molar-refractivity contribution in [1.82, 2.24) is 0 Å². The minimum Gasteiger partial charge on any atom is -0.327 e. The number of rotatable bonds is 5. The van der Waals surface area contributed by atoms with Crippen LogP contribution in [0.15, 0.2) is 29.2 Å². The summed E-state index contributed by atoms with van der Waals surface area (Å²) in [6.07, 6.45) is -0.160. The molecule has 1 fully saturated rings. The van der Waals surface area contributed by atoms with Crippen molar-refractivity contribution in [1.29, 1.82) is 0 Å². The minimum absolute atomic E-state index is 0.139. The van der Waals surface area contributed by atoms with Crippen molar-refractivity contribution >= 4 is 11.8 Å². The van der Waals surface area contributed by atoms with E-state index in [0.29, 0.717) is 5.92 Å². The van der Waals surface area contributed by atoms with Crippen LogP contribution in [-0.4, -0.2) is 18.2 Å². The van der Waals surface area contributed by atoms with Gasteiger partial charge in [0.2, 0.25) is 6.43 Å². The van der Waals surface area contributed by atoms with Crippen LogP contribution in [0.3, 0.4) is 0 Å². The molecule has 0 spiro atoms. The molecule has 0 amide bonds. The van der Waals surface area contributed by atoms with E-state index >= 15 is 0 Å². The Morgan fingerprint density at radius 3 is 2.47 bits per heavy atom. The molecular formula is C15H21F2NS. The normalized spacial score (nSPS) is 30.4. The first-order valence-electron chi connectivity index (χ1n) is 6.74. The number of thioether (sulfide) groups is 1. The number of halogens is 2. The van der Waals surface area contributed by atoms with Gasteiger partial charge in [-0.1, -0.05) is 26.0 Å². The minimum atomic E-state index is -2.25. The van der Waals surface area contributed by atoms with E-state index in [1.165, 1.54) is 17.3 Å². The van der Waals surface area contributed by atoms with Crippen LogP contribution in [0.4, 0.5) is 8.78 Å². The summed E-state index contributed by atoms with van der Waals surface area (Å²) in [5.41, 5.74) is 7.58. The van der Waals surface area contributed by atoms with Crippen molar-refractivity contribution in [2.45, 2.75) is 50.0 Å². The molecule has 0 saturated heterocycles. The van der Waals surface area contributed by atoms with Gasteiger partial charge in [0.25, 0.3) is 0 Å². The monoisotopic (exact) mass is 285 g/mol. The highest BCUT2D eigenvalue weighted by Crippen LogP contribution is 2.53. The Balaban J connectivity index is 2.03. The predicted octanol–water partition coefficient (Wildman–Crippen LogP) is 4.27. The van der Waals surface area contributed by atoms with Gasteiger partial charge in [-0.15, -0.1) is 11.8 Å². The van der Waals surface area contributed by atoms with Crippen molar-refractivity contribution in [3.05, 3.63) is 29.8 Å². The second-order valence-electron chi connectivity index (χ2n) is 5.53. The molecule has 0 heterocycles. The number of hydrogen-bond donors (Lipinski definition) is 1. The highest BCUT2D eigenvalue weighted by atomic mass is 32.2. The third kappa shape index (κ3) is 2.95. The molecule has 19 heavy (non-hydrogen) atoms. The van der Waals surface area contributed by atoms with Crippen LogP contribution in [0.1, 0.15) is 38.2 Å². The van der Waals surface area contributed by atoms with Crippen LogP contribution in [0.2, 0.25) is 0 Å². The summed E-state index contributed by atoms with van der Waals surface area (Å²) in [6, 6.07) is 8.30. The molecule has 1 saturated carbocycles. The number of hydrogen-bond acceptors (Lipinski definition) is 2. The molecule has 0 aromatic heterocycles. The number of alkyl halides is 2. The molecule has 4 heteroatoms. The molecule has 0 bridgehead atoms. The summed E-state index contributed by atoms with van der Waals surface area (Å²) in [5, 5.41) is 0. The maximum absolute atomic E-state index is 12.1. The maximum atomic E-state index is 12.1. The van der Waals surface area contributed by atoms with Gasteiger partial charge in [0, 0.05) is 10.9 Å². The van der Waals surface area contributed by atoms with Crippen LogP contribution < -0.4 is 5.73 Å². The van der Waals surface area contributed by atoms with Gasteiger partial charge >= 0.3 is 0 Å². The third-order valence-corrected chi connectivity index (χ3v) is 5.58. The first-order valence-corrected chi connectivity index (χ1v) is 7.72. The average molecular weight is 285 g/mol. The molecule has 2 rings (SSSR count).